The predicted molar refractivity (Wildman–Crippen MR) is 135 cm³/mol. The molecule has 0 unspecified atom stereocenters. The molecular weight excluding hydrogens is 436 g/mol. The smallest absolute Gasteiger partial charge is 0.247 e. The van der Waals surface area contributed by atoms with Gasteiger partial charge in [-0.15, -0.1) is 0 Å². The Labute approximate surface area is 199 Å². The fourth-order valence-electron chi connectivity index (χ4n) is 1.15. The second-order valence-corrected chi connectivity index (χ2v) is 6.27. The van der Waals surface area contributed by atoms with Crippen LogP contribution < -0.4 is 22.1 Å². The average Bonchev–Trinajstić information content (AvgIpc) is 2.68. The number of carbonyl (C=O) groups excluding carboxylic acids is 3. The Morgan fingerprint density at radius 1 is 0.719 bits per heavy atom. The summed E-state index contributed by atoms with van der Waals surface area (Å²) in [6.07, 6.45) is 0. The quantitative estimate of drug-likeness (QED) is 0.179. The fourth-order valence-corrected chi connectivity index (χ4v) is 1.15. The van der Waals surface area contributed by atoms with Crippen molar-refractivity contribution in [1.29, 1.82) is 0 Å². The molecule has 0 saturated carbocycles. The third kappa shape index (κ3) is 35.4. The zero-order chi connectivity index (χ0) is 23.9. The Bertz CT molecular complexity index is 508. The average molecular weight is 481 g/mol. The topological polar surface area (TPSA) is 146 Å². The summed E-state index contributed by atoms with van der Waals surface area (Å²) in [4.78, 5) is 31.9. The third-order valence-corrected chi connectivity index (χ3v) is 3.02. The summed E-state index contributed by atoms with van der Waals surface area (Å²) in [6.45, 7) is 19.2. The van der Waals surface area contributed by atoms with Crippen LogP contribution in [0.2, 0.25) is 0 Å². The maximum Gasteiger partial charge on any atom is 0.247 e. The van der Waals surface area contributed by atoms with Crippen molar-refractivity contribution in [3.05, 3.63) is 36.5 Å². The van der Waals surface area contributed by atoms with Gasteiger partial charge in [-0.1, -0.05) is 34.6 Å². The molecular formula is C22H45ClN4O5. The summed E-state index contributed by atoms with van der Waals surface area (Å²) in [5.41, 5.74) is 11.5. The first-order chi connectivity index (χ1) is 14.0. The Hall–Kier alpha value is -2.04. The van der Waals surface area contributed by atoms with Crippen molar-refractivity contribution < 1.29 is 23.9 Å². The highest BCUT2D eigenvalue weighted by Gasteiger charge is 2.01. The van der Waals surface area contributed by atoms with Gasteiger partial charge < -0.3 is 31.6 Å². The molecule has 0 aromatic carbocycles. The number of ether oxygens (including phenoxy) is 2. The van der Waals surface area contributed by atoms with E-state index in [9.17, 15) is 14.4 Å². The number of rotatable bonds is 13. The van der Waals surface area contributed by atoms with E-state index < -0.39 is 5.24 Å². The number of halogens is 1. The largest absolute Gasteiger partial charge is 0.379 e. The van der Waals surface area contributed by atoms with E-state index in [1.165, 1.54) is 0 Å². The minimum Gasteiger partial charge on any atom is -0.379 e. The van der Waals surface area contributed by atoms with Gasteiger partial charge in [-0.3, -0.25) is 14.4 Å². The molecule has 0 atom stereocenters. The van der Waals surface area contributed by atoms with Gasteiger partial charge in [0.1, 0.15) is 0 Å². The van der Waals surface area contributed by atoms with E-state index in [4.69, 9.17) is 32.5 Å². The van der Waals surface area contributed by atoms with Crippen LogP contribution in [-0.2, 0) is 23.9 Å². The van der Waals surface area contributed by atoms with Crippen molar-refractivity contribution in [2.75, 3.05) is 52.6 Å². The maximum absolute atomic E-state index is 11.1. The minimum atomic E-state index is -0.463. The maximum atomic E-state index is 11.1. The van der Waals surface area contributed by atoms with Gasteiger partial charge >= 0.3 is 0 Å². The zero-order valence-electron chi connectivity index (χ0n) is 18.4. The molecule has 0 bridgehead atoms. The van der Waals surface area contributed by atoms with Gasteiger partial charge in [-0.05, 0) is 32.4 Å². The van der Waals surface area contributed by atoms with Crippen LogP contribution >= 0.6 is 11.6 Å². The number of hydrogen-bond donors (Lipinski definition) is 4. The van der Waals surface area contributed by atoms with Gasteiger partial charge in [0.25, 0.3) is 0 Å². The molecule has 0 aromatic heterocycles. The van der Waals surface area contributed by atoms with Crippen LogP contribution in [-0.4, -0.2) is 69.7 Å². The lowest BCUT2D eigenvalue weighted by Crippen LogP contribution is -2.30. The summed E-state index contributed by atoms with van der Waals surface area (Å²) in [5.74, 6) is -0.353. The molecule has 32 heavy (non-hydrogen) atoms. The molecule has 0 saturated heterocycles. The number of nitrogens with two attached hydrogens (primary N) is 2. The van der Waals surface area contributed by atoms with Crippen LogP contribution in [0.15, 0.2) is 36.5 Å². The van der Waals surface area contributed by atoms with Gasteiger partial charge in [0.15, 0.2) is 0 Å². The van der Waals surface area contributed by atoms with Crippen molar-refractivity contribution in [2.24, 2.45) is 11.5 Å². The lowest BCUT2D eigenvalue weighted by Gasteiger charge is -2.07. The Morgan fingerprint density at radius 3 is 1.22 bits per heavy atom. The molecule has 0 aliphatic carbocycles. The molecule has 6 N–H and O–H groups in total. The van der Waals surface area contributed by atoms with E-state index in [1.807, 2.05) is 0 Å². The highest BCUT2D eigenvalue weighted by molar-refractivity contribution is 6.67. The molecule has 0 aliphatic heterocycles. The molecule has 9 nitrogen and oxygen atoms in total. The number of carbonyl (C=O) groups is 3. The van der Waals surface area contributed by atoms with E-state index in [0.29, 0.717) is 69.3 Å². The lowest BCUT2D eigenvalue weighted by atomic mass is 10.3. The van der Waals surface area contributed by atoms with Gasteiger partial charge in [-0.25, -0.2) is 0 Å². The van der Waals surface area contributed by atoms with Gasteiger partial charge in [0, 0.05) is 42.9 Å². The first-order valence-corrected chi connectivity index (χ1v) is 9.67. The van der Waals surface area contributed by atoms with Crippen LogP contribution in [0.3, 0.4) is 0 Å². The number of nitrogens with one attached hydrogen (secondary N) is 2. The molecule has 0 aliphatic rings. The van der Waals surface area contributed by atoms with Crippen LogP contribution in [0.5, 0.6) is 0 Å². The number of hydrogen-bond acceptors (Lipinski definition) is 7. The van der Waals surface area contributed by atoms with E-state index in [0.717, 1.165) is 0 Å². The highest BCUT2D eigenvalue weighted by atomic mass is 35.5. The summed E-state index contributed by atoms with van der Waals surface area (Å²) in [5, 5.41) is 4.81. The summed E-state index contributed by atoms with van der Waals surface area (Å²) in [7, 11) is 0. The Kier molecular flexibility index (Phi) is 36.5. The van der Waals surface area contributed by atoms with Crippen molar-refractivity contribution in [3.8, 4) is 0 Å². The van der Waals surface area contributed by atoms with Gasteiger partial charge in [-0.2, -0.15) is 0 Å². The predicted octanol–water partition coefficient (Wildman–Crippen LogP) is 1.91. The number of amides is 2. The first-order valence-electron chi connectivity index (χ1n) is 9.29. The van der Waals surface area contributed by atoms with Gasteiger partial charge in [0.2, 0.25) is 17.1 Å². The molecule has 10 heteroatoms. The third-order valence-electron chi connectivity index (χ3n) is 2.70. The second-order valence-electron chi connectivity index (χ2n) is 5.93. The van der Waals surface area contributed by atoms with Gasteiger partial charge in [0.05, 0.1) is 26.4 Å². The van der Waals surface area contributed by atoms with Crippen molar-refractivity contribution in [3.63, 3.8) is 0 Å². The van der Waals surface area contributed by atoms with Crippen molar-refractivity contribution in [2.45, 2.75) is 35.6 Å². The van der Waals surface area contributed by atoms with Crippen LogP contribution in [0.1, 0.15) is 35.6 Å². The molecule has 0 radical (unpaired) electrons. The van der Waals surface area contributed by atoms with Crippen molar-refractivity contribution in [1.82, 2.24) is 10.6 Å². The summed E-state index contributed by atoms with van der Waals surface area (Å²) >= 11 is 4.87. The van der Waals surface area contributed by atoms with Crippen molar-refractivity contribution >= 4 is 28.7 Å². The normalized spacial score (nSPS) is 8.56. The Morgan fingerprint density at radius 2 is 1.00 bits per heavy atom. The van der Waals surface area contributed by atoms with E-state index in [2.05, 4.69) is 30.4 Å². The molecule has 0 heterocycles. The monoisotopic (exact) mass is 480 g/mol. The molecule has 0 fully saturated rings. The van der Waals surface area contributed by atoms with Crippen LogP contribution in [0.25, 0.3) is 0 Å². The Balaban J connectivity index is -0.000000135. The summed E-state index contributed by atoms with van der Waals surface area (Å²) < 4.78 is 10.1. The highest BCUT2D eigenvalue weighted by Crippen LogP contribution is 1.91. The zero-order valence-corrected chi connectivity index (χ0v) is 19.1. The molecule has 2 amide bonds. The van der Waals surface area contributed by atoms with Crippen LogP contribution in [0, 0.1) is 0 Å². The minimum absolute atomic E-state index is 0. The van der Waals surface area contributed by atoms with E-state index >= 15 is 0 Å². The second kappa shape index (κ2) is 29.0. The lowest BCUT2D eigenvalue weighted by molar-refractivity contribution is -0.118. The first kappa shape index (κ1) is 40.3. The molecule has 0 spiro atoms. The number of allylic oxidation sites excluding steroid dienone is 1. The molecule has 190 valence electrons. The summed E-state index contributed by atoms with van der Waals surface area (Å²) in [6, 6.07) is 0. The fraction of sp³-hybridized carbons (Fsp3) is 0.591. The standard InChI is InChI=1S/C12H20N2O3.C4H5ClO.C4H12N2O.2CH4/c1-9(2)11(15)13-5-7-17-8-6-14-12(16)10(3)4;1-3(2)4(5)6;5-1-3-7-4-2-6;;/h1,3,5-8H2,2,4H3,(H,13,15)(H,14,16);1H2,2H3;1-6H2;2*1H4. The molecule has 0 aromatic rings. The molecule has 0 rings (SSSR count). The van der Waals surface area contributed by atoms with E-state index in [1.54, 1.807) is 20.8 Å². The van der Waals surface area contributed by atoms with E-state index in [-0.39, 0.29) is 26.7 Å². The van der Waals surface area contributed by atoms with Crippen LogP contribution in [0.4, 0.5) is 0 Å². The SMILES string of the molecule is C.C.C=C(C)C(=O)Cl.C=C(C)C(=O)NCCOCCNC(=O)C(=C)C.NCCOCCN.